The molecule has 0 aromatic heterocycles. The summed E-state index contributed by atoms with van der Waals surface area (Å²) in [6.07, 6.45) is 1.40. The quantitative estimate of drug-likeness (QED) is 0.816. The van der Waals surface area contributed by atoms with E-state index in [0.717, 1.165) is 12.0 Å². The fraction of sp³-hybridized carbons (Fsp3) is 0.263. The first kappa shape index (κ1) is 19.1. The highest BCUT2D eigenvalue weighted by Crippen LogP contribution is 2.30. The lowest BCUT2D eigenvalue weighted by atomic mass is 10.0. The van der Waals surface area contributed by atoms with Gasteiger partial charge in [0.25, 0.3) is 0 Å². The molecule has 0 bridgehead atoms. The van der Waals surface area contributed by atoms with E-state index in [4.69, 9.17) is 0 Å². The molecule has 1 amide bonds. The summed E-state index contributed by atoms with van der Waals surface area (Å²) in [5.74, 6) is -1.38. The van der Waals surface area contributed by atoms with Gasteiger partial charge in [-0.1, -0.05) is 30.3 Å². The molecular weight excluding hydrogens is 368 g/mol. The molecule has 2 aromatic carbocycles. The van der Waals surface area contributed by atoms with Crippen molar-refractivity contribution >= 4 is 27.6 Å². The number of carboxylic acid groups (broad SMARTS) is 1. The second-order valence-electron chi connectivity index (χ2n) is 6.37. The zero-order valence-electron chi connectivity index (χ0n) is 14.8. The molecule has 7 nitrogen and oxygen atoms in total. The van der Waals surface area contributed by atoms with Crippen LogP contribution in [0.5, 0.6) is 0 Å². The Hall–Kier alpha value is -2.71. The van der Waals surface area contributed by atoms with Crippen molar-refractivity contribution in [2.45, 2.75) is 30.7 Å². The molecule has 0 saturated heterocycles. The molecule has 1 atom stereocenters. The summed E-state index contributed by atoms with van der Waals surface area (Å²) in [5, 5.41) is 9.45. The number of rotatable bonds is 5. The third kappa shape index (κ3) is 4.01. The van der Waals surface area contributed by atoms with E-state index in [1.165, 1.54) is 19.1 Å². The van der Waals surface area contributed by atoms with Crippen LogP contribution in [-0.4, -0.2) is 31.9 Å². The van der Waals surface area contributed by atoms with Crippen LogP contribution < -0.4 is 9.62 Å². The third-order valence-corrected chi connectivity index (χ3v) is 5.93. The van der Waals surface area contributed by atoms with Crippen LogP contribution in [0.3, 0.4) is 0 Å². The van der Waals surface area contributed by atoms with Crippen LogP contribution in [0, 0.1) is 0 Å². The van der Waals surface area contributed by atoms with Gasteiger partial charge in [0.2, 0.25) is 15.9 Å². The van der Waals surface area contributed by atoms with Crippen molar-refractivity contribution in [1.29, 1.82) is 0 Å². The minimum absolute atomic E-state index is 0.0196. The second kappa shape index (κ2) is 7.50. The molecule has 8 heteroatoms. The van der Waals surface area contributed by atoms with E-state index in [0.29, 0.717) is 24.2 Å². The average molecular weight is 388 g/mol. The minimum Gasteiger partial charge on any atom is -0.480 e. The molecule has 2 aromatic rings. The van der Waals surface area contributed by atoms with Crippen molar-refractivity contribution in [3.05, 3.63) is 59.7 Å². The van der Waals surface area contributed by atoms with Gasteiger partial charge < -0.3 is 10.0 Å². The molecule has 0 saturated carbocycles. The zero-order valence-corrected chi connectivity index (χ0v) is 15.6. The summed E-state index contributed by atoms with van der Waals surface area (Å²) in [5.41, 5.74) is 1.80. The van der Waals surface area contributed by atoms with Crippen LogP contribution in [0.4, 0.5) is 5.69 Å². The van der Waals surface area contributed by atoms with Crippen molar-refractivity contribution in [3.8, 4) is 0 Å². The summed E-state index contributed by atoms with van der Waals surface area (Å²) < 4.78 is 27.8. The van der Waals surface area contributed by atoms with Crippen molar-refractivity contribution in [1.82, 2.24) is 4.72 Å². The van der Waals surface area contributed by atoms with Crippen molar-refractivity contribution in [2.24, 2.45) is 0 Å². The summed E-state index contributed by atoms with van der Waals surface area (Å²) in [6.45, 7) is 2.07. The molecule has 0 spiro atoms. The Morgan fingerprint density at radius 1 is 1.15 bits per heavy atom. The van der Waals surface area contributed by atoms with Gasteiger partial charge in [0.05, 0.1) is 4.90 Å². The first-order chi connectivity index (χ1) is 12.8. The van der Waals surface area contributed by atoms with E-state index in [1.807, 2.05) is 0 Å². The second-order valence-corrected chi connectivity index (χ2v) is 8.08. The molecule has 1 heterocycles. The van der Waals surface area contributed by atoms with Gasteiger partial charge in [-0.3, -0.25) is 9.59 Å². The Kier molecular flexibility index (Phi) is 5.29. The number of aryl methyl sites for hydroxylation is 1. The van der Waals surface area contributed by atoms with Crippen molar-refractivity contribution < 1.29 is 23.1 Å². The Morgan fingerprint density at radius 3 is 2.48 bits per heavy atom. The fourth-order valence-electron chi connectivity index (χ4n) is 3.20. The predicted octanol–water partition coefficient (Wildman–Crippen LogP) is 2.09. The van der Waals surface area contributed by atoms with E-state index >= 15 is 0 Å². The maximum atomic E-state index is 12.8. The first-order valence-electron chi connectivity index (χ1n) is 8.51. The highest BCUT2D eigenvalue weighted by Gasteiger charge is 2.28. The van der Waals surface area contributed by atoms with Crippen LogP contribution in [0.1, 0.15) is 30.5 Å². The number of nitrogens with zero attached hydrogens (tertiary/aromatic N) is 1. The number of amides is 1. The Bertz CT molecular complexity index is 973. The van der Waals surface area contributed by atoms with Gasteiger partial charge in [-0.2, -0.15) is 4.72 Å². The number of hydrogen-bond donors (Lipinski definition) is 2. The van der Waals surface area contributed by atoms with Gasteiger partial charge in [-0.25, -0.2) is 8.42 Å². The van der Waals surface area contributed by atoms with Crippen LogP contribution in [0.15, 0.2) is 53.4 Å². The highest BCUT2D eigenvalue weighted by molar-refractivity contribution is 7.89. The topological polar surface area (TPSA) is 104 Å². The fourth-order valence-corrected chi connectivity index (χ4v) is 4.43. The van der Waals surface area contributed by atoms with Gasteiger partial charge in [0.15, 0.2) is 0 Å². The molecule has 1 unspecified atom stereocenters. The first-order valence-corrected chi connectivity index (χ1v) is 9.99. The van der Waals surface area contributed by atoms with Gasteiger partial charge in [0.1, 0.15) is 6.04 Å². The van der Waals surface area contributed by atoms with Gasteiger partial charge in [-0.15, -0.1) is 0 Å². The number of fused-ring (bicyclic) bond motifs is 1. The van der Waals surface area contributed by atoms with E-state index < -0.39 is 22.0 Å². The van der Waals surface area contributed by atoms with Gasteiger partial charge >= 0.3 is 5.97 Å². The average Bonchev–Trinajstić information content (AvgIpc) is 2.65. The number of carboxylic acids is 1. The van der Waals surface area contributed by atoms with Gasteiger partial charge in [-0.05, 0) is 42.2 Å². The van der Waals surface area contributed by atoms with Crippen LogP contribution in [0.2, 0.25) is 0 Å². The van der Waals surface area contributed by atoms with E-state index in [9.17, 15) is 23.1 Å². The number of sulfonamides is 1. The number of nitrogens with one attached hydrogen (secondary N) is 1. The normalized spacial score (nSPS) is 15.1. The summed E-state index contributed by atoms with van der Waals surface area (Å²) in [4.78, 5) is 24.9. The smallest absolute Gasteiger partial charge is 0.326 e. The molecule has 0 radical (unpaired) electrons. The lowest BCUT2D eigenvalue weighted by Gasteiger charge is -2.29. The Balaban J connectivity index is 1.93. The lowest BCUT2D eigenvalue weighted by molar-refractivity contribution is -0.139. The highest BCUT2D eigenvalue weighted by atomic mass is 32.2. The summed E-state index contributed by atoms with van der Waals surface area (Å²) in [6, 6.07) is 11.2. The van der Waals surface area contributed by atoms with Gasteiger partial charge in [0, 0.05) is 19.2 Å². The summed E-state index contributed by atoms with van der Waals surface area (Å²) >= 11 is 0. The Labute approximate surface area is 157 Å². The monoisotopic (exact) mass is 388 g/mol. The minimum atomic E-state index is -4.06. The SMILES string of the molecule is CC(=O)N1CCCc2cc(S(=O)(=O)NC(C(=O)O)c3ccccc3)ccc21. The van der Waals surface area contributed by atoms with Crippen LogP contribution in [0.25, 0.3) is 0 Å². The van der Waals surface area contributed by atoms with E-state index in [2.05, 4.69) is 4.72 Å². The predicted molar refractivity (Wildman–Crippen MR) is 99.9 cm³/mol. The zero-order chi connectivity index (χ0) is 19.6. The molecule has 142 valence electrons. The maximum Gasteiger partial charge on any atom is 0.326 e. The molecule has 0 fully saturated rings. The van der Waals surface area contributed by atoms with Crippen molar-refractivity contribution in [2.75, 3.05) is 11.4 Å². The third-order valence-electron chi connectivity index (χ3n) is 4.51. The number of aliphatic carboxylic acids is 1. The van der Waals surface area contributed by atoms with E-state index in [1.54, 1.807) is 41.3 Å². The number of benzene rings is 2. The molecular formula is C19H20N2O5S. The standard InChI is InChI=1S/C19H20N2O5S/c1-13(22)21-11-5-8-15-12-16(9-10-17(15)21)27(25,26)20-18(19(23)24)14-6-3-2-4-7-14/h2-4,6-7,9-10,12,18,20H,5,8,11H2,1H3,(H,23,24). The summed E-state index contributed by atoms with van der Waals surface area (Å²) in [7, 11) is -4.06. The number of carbonyl (C=O) groups is 2. The Morgan fingerprint density at radius 2 is 1.85 bits per heavy atom. The molecule has 27 heavy (non-hydrogen) atoms. The number of anilines is 1. The van der Waals surface area contributed by atoms with Crippen molar-refractivity contribution in [3.63, 3.8) is 0 Å². The molecule has 1 aliphatic rings. The molecule has 1 aliphatic heterocycles. The van der Waals surface area contributed by atoms with Crippen LogP contribution in [-0.2, 0) is 26.0 Å². The van der Waals surface area contributed by atoms with E-state index in [-0.39, 0.29) is 10.8 Å². The largest absolute Gasteiger partial charge is 0.480 e. The maximum absolute atomic E-state index is 12.8. The molecule has 3 rings (SSSR count). The van der Waals surface area contributed by atoms with Crippen LogP contribution >= 0.6 is 0 Å². The lowest BCUT2D eigenvalue weighted by Crippen LogP contribution is -2.35. The molecule has 2 N–H and O–H groups in total. The molecule has 0 aliphatic carbocycles. The number of hydrogen-bond acceptors (Lipinski definition) is 4. The number of carbonyl (C=O) groups excluding carboxylic acids is 1.